The summed E-state index contributed by atoms with van der Waals surface area (Å²) in [5, 5.41) is 3.24. The molecule has 0 aromatic rings. The molecule has 0 radical (unpaired) electrons. The molecule has 2 heterocycles. The zero-order valence-electron chi connectivity index (χ0n) is 16.5. The topological polar surface area (TPSA) is 103 Å². The normalized spacial score (nSPS) is 21.3. The number of carbonyl (C=O) groups excluding carboxylic acids is 1. The molecule has 0 aliphatic carbocycles. The summed E-state index contributed by atoms with van der Waals surface area (Å²) in [6.45, 7) is 12.0. The average molecular weight is 390 g/mol. The van der Waals surface area contributed by atoms with Crippen LogP contribution in [-0.4, -0.2) is 86.4 Å². The van der Waals surface area contributed by atoms with Crippen LogP contribution in [0.2, 0.25) is 0 Å². The fourth-order valence-electron chi connectivity index (χ4n) is 3.06. The number of piperazine rings is 1. The second-order valence-corrected chi connectivity index (χ2v) is 10.3. The van der Waals surface area contributed by atoms with Crippen LogP contribution in [0.1, 0.15) is 34.6 Å². The van der Waals surface area contributed by atoms with E-state index in [1.54, 1.807) is 4.90 Å². The minimum Gasteiger partial charge on any atom is -0.444 e. The Morgan fingerprint density at radius 3 is 2.50 bits per heavy atom. The Kier molecular flexibility index (Phi) is 5.77. The average Bonchev–Trinajstić information content (AvgIpc) is 2.83. The van der Waals surface area contributed by atoms with E-state index in [1.807, 2.05) is 34.6 Å². The molecule has 1 amide bonds. The Labute approximate surface area is 156 Å². The van der Waals surface area contributed by atoms with E-state index in [-0.39, 0.29) is 12.1 Å². The lowest BCUT2D eigenvalue weighted by molar-refractivity contribution is 0.0137. The van der Waals surface area contributed by atoms with Crippen LogP contribution in [0.4, 0.5) is 4.79 Å². The van der Waals surface area contributed by atoms with Crippen molar-refractivity contribution in [3.8, 4) is 0 Å². The lowest BCUT2D eigenvalue weighted by atomic mass is 10.1. The number of amides is 1. The maximum absolute atomic E-state index is 12.2. The molecular weight excluding hydrogens is 358 g/mol. The molecule has 1 unspecified atom stereocenters. The fourth-order valence-corrected chi connectivity index (χ4v) is 4.14. The van der Waals surface area contributed by atoms with Crippen molar-refractivity contribution in [2.45, 2.75) is 51.8 Å². The standard InChI is InChI=1S/C16H31N5O4S/c1-15(2,3)25-14(22)20-7-8-21-12(10-20)9-17-13(21)18-11-16(4,5)19-26(6,23)24/h12,19H,7-11H2,1-6H3,(H,17,18). The van der Waals surface area contributed by atoms with Crippen LogP contribution in [0.3, 0.4) is 0 Å². The molecule has 1 saturated heterocycles. The van der Waals surface area contributed by atoms with Crippen molar-refractivity contribution < 1.29 is 17.9 Å². The number of nitrogens with zero attached hydrogens (tertiary/aromatic N) is 3. The van der Waals surface area contributed by atoms with Crippen LogP contribution in [0, 0.1) is 0 Å². The molecule has 0 spiro atoms. The molecule has 150 valence electrons. The van der Waals surface area contributed by atoms with Gasteiger partial charge in [0.05, 0.1) is 18.8 Å². The van der Waals surface area contributed by atoms with E-state index in [0.29, 0.717) is 32.7 Å². The van der Waals surface area contributed by atoms with Crippen LogP contribution in [-0.2, 0) is 14.8 Å². The third kappa shape index (κ3) is 6.01. The first-order valence-corrected chi connectivity index (χ1v) is 10.7. The van der Waals surface area contributed by atoms with Crippen molar-refractivity contribution in [1.82, 2.24) is 19.8 Å². The lowest BCUT2D eigenvalue weighted by Crippen LogP contribution is -2.59. The molecule has 1 atom stereocenters. The van der Waals surface area contributed by atoms with E-state index in [1.165, 1.54) is 0 Å². The molecule has 26 heavy (non-hydrogen) atoms. The van der Waals surface area contributed by atoms with Crippen molar-refractivity contribution in [2.24, 2.45) is 4.99 Å². The first-order chi connectivity index (χ1) is 11.8. The quantitative estimate of drug-likeness (QED) is 0.712. The van der Waals surface area contributed by atoms with Crippen LogP contribution in [0.25, 0.3) is 0 Å². The number of guanidine groups is 1. The summed E-state index contributed by atoms with van der Waals surface area (Å²) in [5.41, 5.74) is -1.14. The smallest absolute Gasteiger partial charge is 0.410 e. The van der Waals surface area contributed by atoms with Gasteiger partial charge in [-0.3, -0.25) is 4.99 Å². The Morgan fingerprint density at radius 1 is 1.27 bits per heavy atom. The van der Waals surface area contributed by atoms with Gasteiger partial charge in [-0.25, -0.2) is 17.9 Å². The molecule has 9 nitrogen and oxygen atoms in total. The maximum atomic E-state index is 12.2. The summed E-state index contributed by atoms with van der Waals surface area (Å²) in [5.74, 6) is 0.752. The number of hydrogen-bond donors (Lipinski definition) is 2. The number of aliphatic imine (C=N–C) groups is 1. The van der Waals surface area contributed by atoms with E-state index in [2.05, 4.69) is 19.9 Å². The van der Waals surface area contributed by atoms with E-state index >= 15 is 0 Å². The van der Waals surface area contributed by atoms with E-state index in [0.717, 1.165) is 12.2 Å². The number of ether oxygens (including phenoxy) is 1. The van der Waals surface area contributed by atoms with Gasteiger partial charge in [0.15, 0.2) is 5.96 Å². The highest BCUT2D eigenvalue weighted by Crippen LogP contribution is 2.18. The number of carbonyl (C=O) groups is 1. The monoisotopic (exact) mass is 389 g/mol. The first-order valence-electron chi connectivity index (χ1n) is 8.78. The molecule has 0 aromatic heterocycles. The Balaban J connectivity index is 1.88. The number of rotatable bonds is 4. The number of nitrogens with one attached hydrogen (secondary N) is 2. The molecule has 2 N–H and O–H groups in total. The third-order valence-corrected chi connectivity index (χ3v) is 4.93. The molecule has 1 fully saturated rings. The van der Waals surface area contributed by atoms with Crippen LogP contribution in [0.5, 0.6) is 0 Å². The van der Waals surface area contributed by atoms with E-state index < -0.39 is 21.2 Å². The zero-order valence-corrected chi connectivity index (χ0v) is 17.3. The van der Waals surface area contributed by atoms with Gasteiger partial charge >= 0.3 is 6.09 Å². The van der Waals surface area contributed by atoms with Crippen LogP contribution in [0.15, 0.2) is 4.99 Å². The number of sulfonamides is 1. The van der Waals surface area contributed by atoms with Gasteiger partial charge in [0.25, 0.3) is 0 Å². The third-order valence-electron chi connectivity index (χ3n) is 4.01. The molecule has 2 aliphatic heterocycles. The molecular formula is C16H31N5O4S. The minimum absolute atomic E-state index is 0.116. The predicted octanol–water partition coefficient (Wildman–Crippen LogP) is 0.195. The van der Waals surface area contributed by atoms with Gasteiger partial charge in [0, 0.05) is 31.7 Å². The van der Waals surface area contributed by atoms with Gasteiger partial charge in [0.1, 0.15) is 5.60 Å². The van der Waals surface area contributed by atoms with Crippen LogP contribution < -0.4 is 10.0 Å². The number of hydrogen-bond acceptors (Lipinski definition) is 7. The summed E-state index contributed by atoms with van der Waals surface area (Å²) in [7, 11) is -3.28. The first kappa shape index (κ1) is 20.8. The second kappa shape index (κ2) is 7.22. The van der Waals surface area contributed by atoms with E-state index in [9.17, 15) is 13.2 Å². The largest absolute Gasteiger partial charge is 0.444 e. The van der Waals surface area contributed by atoms with Gasteiger partial charge in [0.2, 0.25) is 10.0 Å². The SMILES string of the molecule is CC(C)(CNC1=NCC2CN(C(=O)OC(C)(C)C)CCN12)NS(C)(=O)=O. The van der Waals surface area contributed by atoms with Crippen LogP contribution >= 0.6 is 0 Å². The van der Waals surface area contributed by atoms with Gasteiger partial charge in [-0.15, -0.1) is 0 Å². The zero-order chi connectivity index (χ0) is 19.8. The van der Waals surface area contributed by atoms with Crippen molar-refractivity contribution in [2.75, 3.05) is 39.0 Å². The molecule has 2 rings (SSSR count). The summed E-state index contributed by atoms with van der Waals surface area (Å²) < 4.78 is 30.9. The highest BCUT2D eigenvalue weighted by atomic mass is 32.2. The van der Waals surface area contributed by atoms with E-state index in [4.69, 9.17) is 4.74 Å². The fraction of sp³-hybridized carbons (Fsp3) is 0.875. The summed E-state index contributed by atoms with van der Waals surface area (Å²) in [6.07, 6.45) is 0.852. The molecule has 0 bridgehead atoms. The Bertz CT molecular complexity index is 669. The van der Waals surface area contributed by atoms with Crippen molar-refractivity contribution in [1.29, 1.82) is 0 Å². The predicted molar refractivity (Wildman–Crippen MR) is 101 cm³/mol. The Morgan fingerprint density at radius 2 is 1.92 bits per heavy atom. The molecule has 2 aliphatic rings. The Hall–Kier alpha value is -1.55. The lowest BCUT2D eigenvalue weighted by Gasteiger charge is -2.39. The van der Waals surface area contributed by atoms with Gasteiger partial charge < -0.3 is 19.9 Å². The van der Waals surface area contributed by atoms with Crippen molar-refractivity contribution >= 4 is 22.1 Å². The number of fused-ring (bicyclic) bond motifs is 1. The minimum atomic E-state index is -3.28. The summed E-state index contributed by atoms with van der Waals surface area (Å²) in [6, 6.07) is 0.116. The highest BCUT2D eigenvalue weighted by molar-refractivity contribution is 7.88. The van der Waals surface area contributed by atoms with Crippen molar-refractivity contribution in [3.05, 3.63) is 0 Å². The van der Waals surface area contributed by atoms with Crippen molar-refractivity contribution in [3.63, 3.8) is 0 Å². The van der Waals surface area contributed by atoms with Gasteiger partial charge in [-0.2, -0.15) is 0 Å². The highest BCUT2D eigenvalue weighted by Gasteiger charge is 2.37. The second-order valence-electron chi connectivity index (χ2n) is 8.55. The molecule has 0 saturated carbocycles. The van der Waals surface area contributed by atoms with Gasteiger partial charge in [-0.1, -0.05) is 0 Å². The van der Waals surface area contributed by atoms with Gasteiger partial charge in [-0.05, 0) is 34.6 Å². The maximum Gasteiger partial charge on any atom is 0.410 e. The molecule has 10 heteroatoms. The summed E-state index contributed by atoms with van der Waals surface area (Å²) in [4.78, 5) is 20.6. The summed E-state index contributed by atoms with van der Waals surface area (Å²) >= 11 is 0. The molecule has 0 aromatic carbocycles.